The molecule has 0 aliphatic rings. The zero-order valence-electron chi connectivity index (χ0n) is 8.81. The summed E-state index contributed by atoms with van der Waals surface area (Å²) in [5.41, 5.74) is 1.17. The van der Waals surface area contributed by atoms with Gasteiger partial charge in [-0.3, -0.25) is 4.98 Å². The van der Waals surface area contributed by atoms with Gasteiger partial charge in [0.1, 0.15) is 11.6 Å². The van der Waals surface area contributed by atoms with Gasteiger partial charge in [-0.2, -0.15) is 0 Å². The SMILES string of the molecule is CNc1nc(Cc2ccncc2)ncc1I. The Labute approximate surface area is 108 Å². The summed E-state index contributed by atoms with van der Waals surface area (Å²) in [7, 11) is 1.86. The minimum absolute atomic E-state index is 0.730. The fraction of sp³-hybridized carbons (Fsp3) is 0.182. The zero-order valence-corrected chi connectivity index (χ0v) is 11.0. The maximum absolute atomic E-state index is 4.44. The van der Waals surface area contributed by atoms with Gasteiger partial charge in [0.05, 0.1) is 3.57 Å². The van der Waals surface area contributed by atoms with E-state index in [1.165, 1.54) is 5.56 Å². The Morgan fingerprint density at radius 3 is 2.75 bits per heavy atom. The first kappa shape index (κ1) is 11.3. The van der Waals surface area contributed by atoms with E-state index in [0.717, 1.165) is 21.6 Å². The van der Waals surface area contributed by atoms with Crippen molar-refractivity contribution in [2.75, 3.05) is 12.4 Å². The highest BCUT2D eigenvalue weighted by atomic mass is 127. The van der Waals surface area contributed by atoms with Crippen LogP contribution in [0.25, 0.3) is 0 Å². The molecule has 0 aliphatic carbocycles. The fourth-order valence-electron chi connectivity index (χ4n) is 1.35. The van der Waals surface area contributed by atoms with Crippen molar-refractivity contribution in [3.63, 3.8) is 0 Å². The van der Waals surface area contributed by atoms with Crippen LogP contribution in [-0.4, -0.2) is 22.0 Å². The average molecular weight is 326 g/mol. The fourth-order valence-corrected chi connectivity index (χ4v) is 1.88. The van der Waals surface area contributed by atoms with E-state index >= 15 is 0 Å². The third-order valence-electron chi connectivity index (χ3n) is 2.14. The summed E-state index contributed by atoms with van der Waals surface area (Å²) in [5.74, 6) is 1.69. The lowest BCUT2D eigenvalue weighted by molar-refractivity contribution is 0.960. The van der Waals surface area contributed by atoms with E-state index in [-0.39, 0.29) is 0 Å². The molecule has 0 bridgehead atoms. The van der Waals surface area contributed by atoms with Crippen molar-refractivity contribution in [1.82, 2.24) is 15.0 Å². The highest BCUT2D eigenvalue weighted by molar-refractivity contribution is 14.1. The van der Waals surface area contributed by atoms with Gasteiger partial charge in [-0.05, 0) is 40.3 Å². The zero-order chi connectivity index (χ0) is 11.4. The minimum Gasteiger partial charge on any atom is -0.372 e. The molecule has 5 heteroatoms. The molecule has 1 N–H and O–H groups in total. The van der Waals surface area contributed by atoms with E-state index in [4.69, 9.17) is 0 Å². The average Bonchev–Trinajstić information content (AvgIpc) is 2.33. The summed E-state index contributed by atoms with van der Waals surface area (Å²) in [4.78, 5) is 12.7. The predicted octanol–water partition coefficient (Wildman–Crippen LogP) is 2.11. The molecular formula is C11H11IN4. The number of anilines is 1. The number of rotatable bonds is 3. The smallest absolute Gasteiger partial charge is 0.142 e. The summed E-state index contributed by atoms with van der Waals surface area (Å²) in [5, 5.41) is 3.05. The first-order chi connectivity index (χ1) is 7.79. The van der Waals surface area contributed by atoms with Gasteiger partial charge in [0, 0.05) is 32.1 Å². The third-order valence-corrected chi connectivity index (χ3v) is 2.93. The van der Waals surface area contributed by atoms with Crippen molar-refractivity contribution in [3.8, 4) is 0 Å². The predicted molar refractivity (Wildman–Crippen MR) is 71.3 cm³/mol. The van der Waals surface area contributed by atoms with Crippen LogP contribution in [0.3, 0.4) is 0 Å². The monoisotopic (exact) mass is 326 g/mol. The van der Waals surface area contributed by atoms with Gasteiger partial charge in [-0.1, -0.05) is 0 Å². The summed E-state index contributed by atoms with van der Waals surface area (Å²) in [6, 6.07) is 3.95. The summed E-state index contributed by atoms with van der Waals surface area (Å²) < 4.78 is 1.03. The Hall–Kier alpha value is -1.24. The van der Waals surface area contributed by atoms with Crippen molar-refractivity contribution in [2.45, 2.75) is 6.42 Å². The number of hydrogen-bond donors (Lipinski definition) is 1. The van der Waals surface area contributed by atoms with Gasteiger partial charge >= 0.3 is 0 Å². The molecule has 0 unspecified atom stereocenters. The normalized spacial score (nSPS) is 10.1. The van der Waals surface area contributed by atoms with Crippen LogP contribution in [0.5, 0.6) is 0 Å². The van der Waals surface area contributed by atoms with Gasteiger partial charge in [0.15, 0.2) is 0 Å². The molecule has 2 aromatic rings. The molecule has 0 fully saturated rings. The molecule has 82 valence electrons. The Morgan fingerprint density at radius 2 is 2.06 bits per heavy atom. The second-order valence-corrected chi connectivity index (χ2v) is 4.43. The molecule has 0 spiro atoms. The van der Waals surface area contributed by atoms with Gasteiger partial charge < -0.3 is 5.32 Å². The molecule has 0 amide bonds. The van der Waals surface area contributed by atoms with Crippen LogP contribution in [0.15, 0.2) is 30.7 Å². The quantitative estimate of drug-likeness (QED) is 0.878. The van der Waals surface area contributed by atoms with Gasteiger partial charge in [-0.25, -0.2) is 9.97 Å². The van der Waals surface area contributed by atoms with E-state index in [9.17, 15) is 0 Å². The number of nitrogens with zero attached hydrogens (tertiary/aromatic N) is 3. The molecule has 0 saturated carbocycles. The van der Waals surface area contributed by atoms with E-state index < -0.39 is 0 Å². The largest absolute Gasteiger partial charge is 0.372 e. The summed E-state index contributed by atoms with van der Waals surface area (Å²) >= 11 is 2.21. The highest BCUT2D eigenvalue weighted by Crippen LogP contribution is 2.14. The van der Waals surface area contributed by atoms with Crippen LogP contribution in [0.1, 0.15) is 11.4 Å². The molecule has 0 aliphatic heterocycles. The molecule has 0 radical (unpaired) electrons. The van der Waals surface area contributed by atoms with Crippen molar-refractivity contribution < 1.29 is 0 Å². The lowest BCUT2D eigenvalue weighted by Crippen LogP contribution is -2.02. The van der Waals surface area contributed by atoms with Crippen LogP contribution >= 0.6 is 22.6 Å². The van der Waals surface area contributed by atoms with Gasteiger partial charge in [-0.15, -0.1) is 0 Å². The Kier molecular flexibility index (Phi) is 3.66. The third kappa shape index (κ3) is 2.66. The van der Waals surface area contributed by atoms with Crippen LogP contribution in [0.2, 0.25) is 0 Å². The van der Waals surface area contributed by atoms with Gasteiger partial charge in [0.25, 0.3) is 0 Å². The van der Waals surface area contributed by atoms with Crippen LogP contribution in [-0.2, 0) is 6.42 Å². The number of pyridine rings is 1. The van der Waals surface area contributed by atoms with Crippen LogP contribution < -0.4 is 5.32 Å². The first-order valence-corrected chi connectivity index (χ1v) is 5.95. The van der Waals surface area contributed by atoms with Crippen LogP contribution in [0, 0.1) is 3.57 Å². The molecule has 0 atom stereocenters. The second-order valence-electron chi connectivity index (χ2n) is 3.27. The lowest BCUT2D eigenvalue weighted by atomic mass is 10.2. The minimum atomic E-state index is 0.730. The highest BCUT2D eigenvalue weighted by Gasteiger charge is 2.03. The molecule has 0 saturated heterocycles. The maximum atomic E-state index is 4.44. The first-order valence-electron chi connectivity index (χ1n) is 4.87. The standard InChI is InChI=1S/C11H11IN4/c1-13-11-9(12)7-15-10(16-11)6-8-2-4-14-5-3-8/h2-5,7H,6H2,1H3,(H,13,15,16). The van der Waals surface area contributed by atoms with Crippen molar-refractivity contribution >= 4 is 28.4 Å². The number of hydrogen-bond acceptors (Lipinski definition) is 4. The number of aromatic nitrogens is 3. The van der Waals surface area contributed by atoms with E-state index in [2.05, 4.69) is 42.9 Å². The number of nitrogens with one attached hydrogen (secondary N) is 1. The molecule has 2 rings (SSSR count). The Morgan fingerprint density at radius 1 is 1.31 bits per heavy atom. The van der Waals surface area contributed by atoms with Crippen molar-refractivity contribution in [3.05, 3.63) is 45.7 Å². The molecule has 2 heterocycles. The maximum Gasteiger partial charge on any atom is 0.142 e. The van der Waals surface area contributed by atoms with E-state index in [0.29, 0.717) is 0 Å². The molecule has 2 aromatic heterocycles. The molecule has 16 heavy (non-hydrogen) atoms. The summed E-state index contributed by atoms with van der Waals surface area (Å²) in [6.45, 7) is 0. The number of halogens is 1. The molecule has 0 aromatic carbocycles. The van der Waals surface area contributed by atoms with E-state index in [1.54, 1.807) is 12.4 Å². The van der Waals surface area contributed by atoms with Crippen LogP contribution in [0.4, 0.5) is 5.82 Å². The Balaban J connectivity index is 2.22. The van der Waals surface area contributed by atoms with E-state index in [1.807, 2.05) is 25.4 Å². The Bertz CT molecular complexity index is 473. The lowest BCUT2D eigenvalue weighted by Gasteiger charge is -2.05. The second kappa shape index (κ2) is 5.20. The molecule has 4 nitrogen and oxygen atoms in total. The van der Waals surface area contributed by atoms with Crippen molar-refractivity contribution in [1.29, 1.82) is 0 Å². The molecular weight excluding hydrogens is 315 g/mol. The summed E-state index contributed by atoms with van der Waals surface area (Å²) in [6.07, 6.45) is 6.12. The van der Waals surface area contributed by atoms with Crippen molar-refractivity contribution in [2.24, 2.45) is 0 Å². The topological polar surface area (TPSA) is 50.7 Å². The van der Waals surface area contributed by atoms with Gasteiger partial charge in [0.2, 0.25) is 0 Å².